The summed E-state index contributed by atoms with van der Waals surface area (Å²) in [7, 11) is 1.57. The van der Waals surface area contributed by atoms with Crippen LogP contribution in [0.3, 0.4) is 0 Å². The first-order chi connectivity index (χ1) is 10.0. The van der Waals surface area contributed by atoms with E-state index in [0.717, 1.165) is 13.1 Å². The van der Waals surface area contributed by atoms with Crippen molar-refractivity contribution >= 4 is 17.7 Å². The number of methoxy groups -OCH3 is 1. The summed E-state index contributed by atoms with van der Waals surface area (Å²) in [6, 6.07) is -0.571. The van der Waals surface area contributed by atoms with E-state index in [4.69, 9.17) is 4.74 Å². The van der Waals surface area contributed by atoms with Crippen LogP contribution in [0, 0.1) is 5.41 Å². The fraction of sp³-hybridized carbons (Fsp3) is 0.786. The second-order valence-corrected chi connectivity index (χ2v) is 5.73. The van der Waals surface area contributed by atoms with Crippen molar-refractivity contribution in [3.8, 4) is 0 Å². The van der Waals surface area contributed by atoms with Gasteiger partial charge in [-0.25, -0.2) is 0 Å². The Morgan fingerprint density at radius 1 is 1.38 bits per heavy atom. The number of ether oxygens (including phenoxy) is 1. The molecule has 21 heavy (non-hydrogen) atoms. The maximum Gasteiger partial charge on any atom is 0.249 e. The quantitative estimate of drug-likeness (QED) is 0.668. The van der Waals surface area contributed by atoms with Crippen LogP contribution in [0.15, 0.2) is 0 Å². The van der Waals surface area contributed by atoms with Gasteiger partial charge in [-0.15, -0.1) is 0 Å². The Hall–Kier alpha value is -1.47. The lowest BCUT2D eigenvalue weighted by atomic mass is 9.77. The van der Waals surface area contributed by atoms with Crippen LogP contribution in [-0.2, 0) is 19.1 Å². The molecule has 3 amide bonds. The molecule has 0 spiro atoms. The van der Waals surface area contributed by atoms with Crippen LogP contribution < -0.4 is 10.6 Å². The van der Waals surface area contributed by atoms with E-state index < -0.39 is 17.4 Å². The predicted molar refractivity (Wildman–Crippen MR) is 75.4 cm³/mol. The van der Waals surface area contributed by atoms with Gasteiger partial charge in [-0.3, -0.25) is 19.7 Å². The van der Waals surface area contributed by atoms with Crippen molar-refractivity contribution in [1.29, 1.82) is 0 Å². The molecule has 2 aliphatic heterocycles. The zero-order valence-corrected chi connectivity index (χ0v) is 12.6. The van der Waals surface area contributed by atoms with E-state index in [-0.39, 0.29) is 18.4 Å². The fourth-order valence-electron chi connectivity index (χ4n) is 3.19. The first-order valence-electron chi connectivity index (χ1n) is 7.38. The lowest BCUT2D eigenvalue weighted by molar-refractivity contribution is -0.159. The van der Waals surface area contributed by atoms with Gasteiger partial charge in [-0.1, -0.05) is 6.92 Å². The normalized spacial score (nSPS) is 25.6. The van der Waals surface area contributed by atoms with E-state index in [2.05, 4.69) is 10.6 Å². The summed E-state index contributed by atoms with van der Waals surface area (Å²) in [5.41, 5.74) is -0.634. The maximum atomic E-state index is 13.0. The number of piperazine rings is 1. The largest absolute Gasteiger partial charge is 0.384 e. The molecular weight excluding hydrogens is 274 g/mol. The van der Waals surface area contributed by atoms with E-state index in [1.165, 1.54) is 4.90 Å². The van der Waals surface area contributed by atoms with E-state index in [1.54, 1.807) is 7.11 Å². The third kappa shape index (κ3) is 3.08. The van der Waals surface area contributed by atoms with Crippen molar-refractivity contribution in [3.05, 3.63) is 0 Å². The van der Waals surface area contributed by atoms with Crippen LogP contribution in [0.5, 0.6) is 0 Å². The Bertz CT molecular complexity index is 426. The van der Waals surface area contributed by atoms with Gasteiger partial charge in [0, 0.05) is 7.11 Å². The van der Waals surface area contributed by atoms with E-state index in [9.17, 15) is 14.4 Å². The Labute approximate surface area is 124 Å². The number of nitrogens with one attached hydrogen (secondary N) is 2. The van der Waals surface area contributed by atoms with Crippen molar-refractivity contribution in [1.82, 2.24) is 15.5 Å². The summed E-state index contributed by atoms with van der Waals surface area (Å²) in [6.07, 6.45) is 1.80. The number of imide groups is 1. The first kappa shape index (κ1) is 15.9. The molecule has 2 N–H and O–H groups in total. The van der Waals surface area contributed by atoms with Crippen LogP contribution in [-0.4, -0.2) is 62.0 Å². The van der Waals surface area contributed by atoms with Gasteiger partial charge in [0.15, 0.2) is 0 Å². The van der Waals surface area contributed by atoms with Gasteiger partial charge in [0.05, 0.1) is 12.0 Å². The third-order valence-corrected chi connectivity index (χ3v) is 4.34. The van der Waals surface area contributed by atoms with Crippen LogP contribution >= 0.6 is 0 Å². The van der Waals surface area contributed by atoms with E-state index >= 15 is 0 Å². The van der Waals surface area contributed by atoms with Crippen molar-refractivity contribution in [3.63, 3.8) is 0 Å². The van der Waals surface area contributed by atoms with Crippen LogP contribution in [0.1, 0.15) is 26.2 Å². The second-order valence-electron chi connectivity index (χ2n) is 5.73. The zero-order valence-electron chi connectivity index (χ0n) is 12.6. The molecule has 2 saturated heterocycles. The summed E-state index contributed by atoms with van der Waals surface area (Å²) in [5, 5.41) is 5.52. The molecule has 7 heteroatoms. The molecule has 7 nitrogen and oxygen atoms in total. The summed E-state index contributed by atoms with van der Waals surface area (Å²) in [6.45, 7) is 3.57. The van der Waals surface area contributed by atoms with E-state index in [0.29, 0.717) is 25.9 Å². The third-order valence-electron chi connectivity index (χ3n) is 4.34. The number of nitrogens with zero attached hydrogens (tertiary/aromatic N) is 1. The Morgan fingerprint density at radius 2 is 2.05 bits per heavy atom. The molecule has 0 aromatic rings. The van der Waals surface area contributed by atoms with Crippen LogP contribution in [0.4, 0.5) is 0 Å². The Morgan fingerprint density at radius 3 is 2.62 bits per heavy atom. The summed E-state index contributed by atoms with van der Waals surface area (Å²) in [5.74, 6) is -0.941. The zero-order chi connectivity index (χ0) is 15.5. The molecule has 2 fully saturated rings. The highest BCUT2D eigenvalue weighted by Crippen LogP contribution is 2.33. The number of carbonyl (C=O) groups excluding carboxylic acids is 3. The molecule has 0 aliphatic carbocycles. The fourth-order valence-corrected chi connectivity index (χ4v) is 3.19. The summed E-state index contributed by atoms with van der Waals surface area (Å²) < 4.78 is 5.26. The summed E-state index contributed by atoms with van der Waals surface area (Å²) in [4.78, 5) is 38.0. The maximum absolute atomic E-state index is 13.0. The highest BCUT2D eigenvalue weighted by molar-refractivity contribution is 6.04. The van der Waals surface area contributed by atoms with Gasteiger partial charge in [0.25, 0.3) is 0 Å². The topological polar surface area (TPSA) is 87.7 Å². The lowest BCUT2D eigenvalue weighted by Crippen LogP contribution is -2.63. The van der Waals surface area contributed by atoms with E-state index in [1.807, 2.05) is 6.92 Å². The monoisotopic (exact) mass is 297 g/mol. The highest BCUT2D eigenvalue weighted by atomic mass is 16.5. The molecule has 0 bridgehead atoms. The minimum atomic E-state index is -0.634. The number of hydrogen-bond acceptors (Lipinski definition) is 5. The highest BCUT2D eigenvalue weighted by Gasteiger charge is 2.46. The average molecular weight is 297 g/mol. The lowest BCUT2D eigenvalue weighted by Gasteiger charge is -2.42. The van der Waals surface area contributed by atoms with Gasteiger partial charge < -0.3 is 15.0 Å². The van der Waals surface area contributed by atoms with Crippen molar-refractivity contribution < 1.29 is 19.1 Å². The minimum absolute atomic E-state index is 0.0536. The molecule has 2 heterocycles. The molecule has 0 aromatic heterocycles. The molecule has 1 atom stereocenters. The van der Waals surface area contributed by atoms with Crippen molar-refractivity contribution in [2.45, 2.75) is 32.2 Å². The molecule has 0 saturated carbocycles. The van der Waals surface area contributed by atoms with Crippen molar-refractivity contribution in [2.24, 2.45) is 5.41 Å². The number of piperidine rings is 1. The first-order valence-corrected chi connectivity index (χ1v) is 7.38. The average Bonchev–Trinajstić information content (AvgIpc) is 2.47. The number of hydrogen-bond donors (Lipinski definition) is 2. The predicted octanol–water partition coefficient (Wildman–Crippen LogP) is -0.734. The van der Waals surface area contributed by atoms with Gasteiger partial charge in [0.1, 0.15) is 12.6 Å². The van der Waals surface area contributed by atoms with Gasteiger partial charge in [0.2, 0.25) is 17.7 Å². The number of carbonyl (C=O) groups is 3. The molecule has 1 unspecified atom stereocenters. The van der Waals surface area contributed by atoms with Gasteiger partial charge in [-0.05, 0) is 32.4 Å². The molecule has 0 aromatic carbocycles. The van der Waals surface area contributed by atoms with Gasteiger partial charge >= 0.3 is 0 Å². The number of amides is 3. The van der Waals surface area contributed by atoms with Gasteiger partial charge in [-0.2, -0.15) is 0 Å². The van der Waals surface area contributed by atoms with Crippen LogP contribution in [0.25, 0.3) is 0 Å². The van der Waals surface area contributed by atoms with Crippen molar-refractivity contribution in [2.75, 3.05) is 33.4 Å². The molecule has 2 rings (SSSR count). The molecule has 0 radical (unpaired) electrons. The Kier molecular flexibility index (Phi) is 4.95. The smallest absolute Gasteiger partial charge is 0.249 e. The number of rotatable bonds is 4. The summed E-state index contributed by atoms with van der Waals surface area (Å²) >= 11 is 0. The molecule has 2 aliphatic rings. The second kappa shape index (κ2) is 6.53. The SMILES string of the molecule is CCC1C(=O)NC(=O)CN1C(=O)C1(COC)CCNCC1. The Balaban J connectivity index is 2.25. The molecular formula is C14H23N3O4. The standard InChI is InChI=1S/C14H23N3O4/c1-3-10-12(19)16-11(18)8-17(10)13(20)14(9-21-2)4-6-15-7-5-14/h10,15H,3-9H2,1-2H3,(H,16,18,19). The van der Waals surface area contributed by atoms with Crippen LogP contribution in [0.2, 0.25) is 0 Å². The molecule has 118 valence electrons. The minimum Gasteiger partial charge on any atom is -0.384 e.